The van der Waals surface area contributed by atoms with Crippen LogP contribution in [0.5, 0.6) is 6.08 Å². The number of hydrogen-bond donors (Lipinski definition) is 1. The molecule has 0 atom stereocenters. The van der Waals surface area contributed by atoms with E-state index in [-0.39, 0.29) is 18.3 Å². The predicted octanol–water partition coefficient (Wildman–Crippen LogP) is 1.73. The normalized spacial score (nSPS) is 11.7. The molecule has 0 saturated heterocycles. The van der Waals surface area contributed by atoms with Gasteiger partial charge in [0.25, 0.3) is 0 Å². The molecule has 0 unspecified atom stereocenters. The highest BCUT2D eigenvalue weighted by molar-refractivity contribution is 4.99. The molecular formula is C9H15NO3. The van der Waals surface area contributed by atoms with Gasteiger partial charge in [0.1, 0.15) is 17.6 Å². The molecule has 0 amide bonds. The third-order valence-electron chi connectivity index (χ3n) is 1.91. The summed E-state index contributed by atoms with van der Waals surface area (Å²) in [6.45, 7) is 5.81. The maximum atomic E-state index is 8.73. The molecule has 1 N–H and O–H groups in total. The third kappa shape index (κ3) is 2.73. The second kappa shape index (κ2) is 3.79. The van der Waals surface area contributed by atoms with Crippen LogP contribution in [-0.4, -0.2) is 15.7 Å². The molecule has 0 spiro atoms. The topological polar surface area (TPSA) is 55.5 Å². The largest absolute Gasteiger partial charge is 0.444 e. The number of aliphatic hydroxyl groups is 1. The second-order valence-electron chi connectivity index (χ2n) is 3.48. The van der Waals surface area contributed by atoms with Crippen LogP contribution in [0.2, 0.25) is 0 Å². The van der Waals surface area contributed by atoms with Gasteiger partial charge in [-0.05, 0) is 20.3 Å². The van der Waals surface area contributed by atoms with Crippen molar-refractivity contribution >= 4 is 0 Å². The summed E-state index contributed by atoms with van der Waals surface area (Å²) in [5.74, 6) is 0. The monoisotopic (exact) mass is 185 g/mol. The molecule has 4 nitrogen and oxygen atoms in total. The van der Waals surface area contributed by atoms with E-state index in [4.69, 9.17) is 14.3 Å². The van der Waals surface area contributed by atoms with Crippen LogP contribution in [0.3, 0.4) is 0 Å². The maximum Gasteiger partial charge on any atom is 0.394 e. The molecule has 1 aromatic heterocycles. The van der Waals surface area contributed by atoms with Gasteiger partial charge in [0.15, 0.2) is 0 Å². The minimum atomic E-state index is -0.280. The van der Waals surface area contributed by atoms with E-state index in [0.717, 1.165) is 6.42 Å². The van der Waals surface area contributed by atoms with Crippen molar-refractivity contribution in [3.05, 3.63) is 12.0 Å². The highest BCUT2D eigenvalue weighted by atomic mass is 16.6. The molecule has 0 saturated carbocycles. The number of aliphatic hydroxyl groups excluding tert-OH is 1. The van der Waals surface area contributed by atoms with Gasteiger partial charge in [-0.1, -0.05) is 6.92 Å². The molecule has 1 rings (SSSR count). The van der Waals surface area contributed by atoms with Crippen LogP contribution in [0, 0.1) is 0 Å². The standard InChI is InChI=1S/C9H15NO3/c1-4-9(2,3)13-8-10-7(5-11)6-12-8/h6,11H,4-5H2,1-3H3. The summed E-state index contributed by atoms with van der Waals surface area (Å²) in [6, 6.07) is 0. The molecule has 1 heterocycles. The number of nitrogens with zero attached hydrogens (tertiary/aromatic N) is 1. The van der Waals surface area contributed by atoms with Gasteiger partial charge < -0.3 is 14.3 Å². The third-order valence-corrected chi connectivity index (χ3v) is 1.91. The molecule has 0 aliphatic carbocycles. The van der Waals surface area contributed by atoms with Gasteiger partial charge in [-0.25, -0.2) is 0 Å². The zero-order valence-corrected chi connectivity index (χ0v) is 8.20. The quantitative estimate of drug-likeness (QED) is 0.776. The van der Waals surface area contributed by atoms with Crippen LogP contribution < -0.4 is 4.74 Å². The molecule has 0 aromatic carbocycles. The maximum absolute atomic E-state index is 8.73. The number of rotatable bonds is 4. The molecule has 0 aliphatic rings. The number of oxazole rings is 1. The van der Waals surface area contributed by atoms with Crippen LogP contribution in [0.15, 0.2) is 10.7 Å². The first kappa shape index (κ1) is 10.1. The van der Waals surface area contributed by atoms with Gasteiger partial charge in [-0.2, -0.15) is 4.98 Å². The minimum Gasteiger partial charge on any atom is -0.444 e. The molecule has 4 heteroatoms. The molecule has 0 aliphatic heterocycles. The summed E-state index contributed by atoms with van der Waals surface area (Å²) < 4.78 is 10.4. The lowest BCUT2D eigenvalue weighted by Gasteiger charge is -2.21. The Labute approximate surface area is 77.5 Å². The fourth-order valence-electron chi connectivity index (χ4n) is 0.716. The fraction of sp³-hybridized carbons (Fsp3) is 0.667. The number of hydrogen-bond acceptors (Lipinski definition) is 4. The van der Waals surface area contributed by atoms with E-state index in [2.05, 4.69) is 4.98 Å². The molecule has 0 radical (unpaired) electrons. The Balaban J connectivity index is 2.63. The fourth-order valence-corrected chi connectivity index (χ4v) is 0.716. The average Bonchev–Trinajstić information content (AvgIpc) is 2.52. The molecular weight excluding hydrogens is 170 g/mol. The Morgan fingerprint density at radius 3 is 2.77 bits per heavy atom. The molecule has 74 valence electrons. The van der Waals surface area contributed by atoms with Crippen LogP contribution in [0.4, 0.5) is 0 Å². The Morgan fingerprint density at radius 2 is 2.31 bits per heavy atom. The van der Waals surface area contributed by atoms with Gasteiger partial charge in [0.05, 0.1) is 6.61 Å². The summed E-state index contributed by atoms with van der Waals surface area (Å²) in [6.07, 6.45) is 2.47. The van der Waals surface area contributed by atoms with Gasteiger partial charge in [0, 0.05) is 0 Å². The molecule has 0 bridgehead atoms. The first-order chi connectivity index (χ1) is 6.07. The highest BCUT2D eigenvalue weighted by Gasteiger charge is 2.19. The summed E-state index contributed by atoms with van der Waals surface area (Å²) in [5, 5.41) is 8.73. The average molecular weight is 185 g/mol. The number of ether oxygens (including phenoxy) is 1. The Kier molecular flexibility index (Phi) is 2.93. The van der Waals surface area contributed by atoms with Gasteiger partial charge in [-0.3, -0.25) is 0 Å². The lowest BCUT2D eigenvalue weighted by molar-refractivity contribution is 0.0666. The summed E-state index contributed by atoms with van der Waals surface area (Å²) in [7, 11) is 0. The van der Waals surface area contributed by atoms with E-state index in [1.54, 1.807) is 0 Å². The summed E-state index contributed by atoms with van der Waals surface area (Å²) in [5.41, 5.74) is 0.208. The molecule has 13 heavy (non-hydrogen) atoms. The van der Waals surface area contributed by atoms with Crippen molar-refractivity contribution in [1.82, 2.24) is 4.98 Å². The van der Waals surface area contributed by atoms with Crippen molar-refractivity contribution in [2.45, 2.75) is 39.4 Å². The molecule has 1 aromatic rings. The van der Waals surface area contributed by atoms with E-state index < -0.39 is 0 Å². The minimum absolute atomic E-state index is 0.126. The first-order valence-electron chi connectivity index (χ1n) is 4.31. The highest BCUT2D eigenvalue weighted by Crippen LogP contribution is 2.19. The van der Waals surface area contributed by atoms with Gasteiger partial charge in [0.2, 0.25) is 0 Å². The zero-order chi connectivity index (χ0) is 9.90. The van der Waals surface area contributed by atoms with Crippen molar-refractivity contribution in [1.29, 1.82) is 0 Å². The Hall–Kier alpha value is -1.03. The van der Waals surface area contributed by atoms with E-state index >= 15 is 0 Å². The van der Waals surface area contributed by atoms with Crippen molar-refractivity contribution in [3.8, 4) is 6.08 Å². The first-order valence-corrected chi connectivity index (χ1v) is 4.31. The zero-order valence-electron chi connectivity index (χ0n) is 8.20. The van der Waals surface area contributed by atoms with E-state index in [0.29, 0.717) is 5.69 Å². The lowest BCUT2D eigenvalue weighted by Crippen LogP contribution is -2.26. The molecule has 0 fully saturated rings. The Morgan fingerprint density at radius 1 is 1.62 bits per heavy atom. The van der Waals surface area contributed by atoms with Crippen LogP contribution in [0.25, 0.3) is 0 Å². The lowest BCUT2D eigenvalue weighted by atomic mass is 10.1. The van der Waals surface area contributed by atoms with Crippen molar-refractivity contribution < 1.29 is 14.3 Å². The number of aromatic nitrogens is 1. The Bertz CT molecular complexity index is 268. The SMILES string of the molecule is CCC(C)(C)Oc1nc(CO)co1. The van der Waals surface area contributed by atoms with Crippen LogP contribution in [0.1, 0.15) is 32.9 Å². The van der Waals surface area contributed by atoms with Crippen molar-refractivity contribution in [2.75, 3.05) is 0 Å². The van der Waals surface area contributed by atoms with Crippen molar-refractivity contribution in [2.24, 2.45) is 0 Å². The van der Waals surface area contributed by atoms with Gasteiger partial charge >= 0.3 is 6.08 Å². The van der Waals surface area contributed by atoms with E-state index in [1.807, 2.05) is 20.8 Å². The van der Waals surface area contributed by atoms with E-state index in [9.17, 15) is 0 Å². The summed E-state index contributed by atoms with van der Waals surface area (Å²) >= 11 is 0. The van der Waals surface area contributed by atoms with E-state index in [1.165, 1.54) is 6.26 Å². The predicted molar refractivity (Wildman–Crippen MR) is 47.4 cm³/mol. The van der Waals surface area contributed by atoms with Crippen LogP contribution >= 0.6 is 0 Å². The smallest absolute Gasteiger partial charge is 0.394 e. The van der Waals surface area contributed by atoms with Crippen LogP contribution in [-0.2, 0) is 6.61 Å². The second-order valence-corrected chi connectivity index (χ2v) is 3.48. The summed E-state index contributed by atoms with van der Waals surface area (Å²) in [4.78, 5) is 3.92. The van der Waals surface area contributed by atoms with Crippen molar-refractivity contribution in [3.63, 3.8) is 0 Å². The van der Waals surface area contributed by atoms with Gasteiger partial charge in [-0.15, -0.1) is 0 Å².